The van der Waals surface area contributed by atoms with Crippen LogP contribution in [0.1, 0.15) is 19.7 Å². The van der Waals surface area contributed by atoms with Crippen molar-refractivity contribution < 1.29 is 0 Å². The first-order valence-corrected chi connectivity index (χ1v) is 6.98. The van der Waals surface area contributed by atoms with Crippen LogP contribution < -0.4 is 10.2 Å². The van der Waals surface area contributed by atoms with Crippen LogP contribution in [0, 0.1) is 11.3 Å². The van der Waals surface area contributed by atoms with Crippen LogP contribution >= 0.6 is 11.6 Å². The first-order chi connectivity index (χ1) is 10.2. The maximum Gasteiger partial charge on any atom is 0.238 e. The molecule has 7 heteroatoms. The minimum absolute atomic E-state index is 0.0708. The average Bonchev–Trinajstić information content (AvgIpc) is 2.50. The van der Waals surface area contributed by atoms with Gasteiger partial charge in [-0.25, -0.2) is 0 Å². The van der Waals surface area contributed by atoms with E-state index in [9.17, 15) is 0 Å². The minimum Gasteiger partial charge on any atom is -0.341 e. The molecular weight excluding hydrogens is 288 g/mol. The fourth-order valence-corrected chi connectivity index (χ4v) is 1.98. The molecule has 1 N–H and O–H groups in total. The molecule has 1 heterocycles. The molecule has 0 saturated heterocycles. The molecule has 0 aliphatic rings. The van der Waals surface area contributed by atoms with Gasteiger partial charge in [0.05, 0.1) is 10.7 Å². The van der Waals surface area contributed by atoms with Crippen LogP contribution in [0.2, 0.25) is 5.02 Å². The van der Waals surface area contributed by atoms with E-state index < -0.39 is 0 Å². The van der Waals surface area contributed by atoms with E-state index >= 15 is 0 Å². The summed E-state index contributed by atoms with van der Waals surface area (Å²) in [5.74, 6) is 0.846. The molecule has 108 valence electrons. The van der Waals surface area contributed by atoms with Crippen LogP contribution in [0.25, 0.3) is 0 Å². The van der Waals surface area contributed by atoms with Crippen LogP contribution in [-0.2, 0) is 0 Å². The van der Waals surface area contributed by atoms with Gasteiger partial charge >= 0.3 is 0 Å². The highest BCUT2D eigenvalue weighted by molar-refractivity contribution is 6.33. The van der Waals surface area contributed by atoms with Gasteiger partial charge in [0, 0.05) is 13.1 Å². The summed E-state index contributed by atoms with van der Waals surface area (Å²) in [5, 5.41) is 12.6. The molecule has 0 atom stereocenters. The molecular formula is C14H15ClN6. The van der Waals surface area contributed by atoms with Crippen molar-refractivity contribution >= 4 is 29.2 Å². The Labute approximate surface area is 128 Å². The van der Waals surface area contributed by atoms with Crippen molar-refractivity contribution in [2.24, 2.45) is 0 Å². The van der Waals surface area contributed by atoms with Gasteiger partial charge < -0.3 is 10.2 Å². The van der Waals surface area contributed by atoms with Gasteiger partial charge in [0.1, 0.15) is 6.07 Å². The van der Waals surface area contributed by atoms with Crippen LogP contribution in [0.15, 0.2) is 24.3 Å². The van der Waals surface area contributed by atoms with Crippen molar-refractivity contribution in [3.63, 3.8) is 0 Å². The van der Waals surface area contributed by atoms with Crippen molar-refractivity contribution in [3.8, 4) is 6.07 Å². The molecule has 6 nitrogen and oxygen atoms in total. The van der Waals surface area contributed by atoms with E-state index in [1.54, 1.807) is 6.07 Å². The zero-order chi connectivity index (χ0) is 15.2. The smallest absolute Gasteiger partial charge is 0.238 e. The van der Waals surface area contributed by atoms with Crippen molar-refractivity contribution in [2.75, 3.05) is 23.3 Å². The molecule has 0 aliphatic carbocycles. The number of nitrogens with zero attached hydrogens (tertiary/aromatic N) is 5. The summed E-state index contributed by atoms with van der Waals surface area (Å²) < 4.78 is 0. The molecule has 0 fully saturated rings. The van der Waals surface area contributed by atoms with Gasteiger partial charge in [-0.2, -0.15) is 20.2 Å². The molecule has 1 aromatic carbocycles. The second-order valence-electron chi connectivity index (χ2n) is 4.17. The Morgan fingerprint density at radius 2 is 1.90 bits per heavy atom. The zero-order valence-electron chi connectivity index (χ0n) is 11.8. The standard InChI is InChI=1S/C14H15ClN6/c1-3-21(4-2)14-19-12(9-16)18-13(20-14)17-11-8-6-5-7-10(11)15/h5-8H,3-4H2,1-2H3,(H,17,18,19,20). The number of benzene rings is 1. The maximum atomic E-state index is 9.06. The Balaban J connectivity index is 2.38. The minimum atomic E-state index is 0.0708. The lowest BCUT2D eigenvalue weighted by molar-refractivity contribution is 0.810. The summed E-state index contributed by atoms with van der Waals surface area (Å²) in [6, 6.07) is 9.22. The number of nitrogens with one attached hydrogen (secondary N) is 1. The van der Waals surface area contributed by atoms with Gasteiger partial charge in [0.2, 0.25) is 17.7 Å². The van der Waals surface area contributed by atoms with E-state index in [2.05, 4.69) is 20.3 Å². The predicted octanol–water partition coefficient (Wildman–Crippen LogP) is 2.99. The monoisotopic (exact) mass is 302 g/mol. The van der Waals surface area contributed by atoms with E-state index in [1.165, 1.54) is 0 Å². The number of hydrogen-bond acceptors (Lipinski definition) is 6. The van der Waals surface area contributed by atoms with Crippen LogP contribution in [-0.4, -0.2) is 28.0 Å². The van der Waals surface area contributed by atoms with E-state index in [0.717, 1.165) is 13.1 Å². The SMILES string of the molecule is CCN(CC)c1nc(C#N)nc(Nc2ccccc2Cl)n1. The molecule has 0 saturated carbocycles. The molecule has 0 bridgehead atoms. The summed E-state index contributed by atoms with van der Waals surface area (Å²) in [6.45, 7) is 5.49. The third-order valence-corrected chi connectivity index (χ3v) is 3.22. The summed E-state index contributed by atoms with van der Waals surface area (Å²) in [4.78, 5) is 14.5. The van der Waals surface area contributed by atoms with Crippen LogP contribution in [0.3, 0.4) is 0 Å². The van der Waals surface area contributed by atoms with Crippen molar-refractivity contribution in [1.82, 2.24) is 15.0 Å². The number of hydrogen-bond donors (Lipinski definition) is 1. The van der Waals surface area contributed by atoms with Gasteiger partial charge in [-0.05, 0) is 26.0 Å². The van der Waals surface area contributed by atoms with Crippen molar-refractivity contribution in [1.29, 1.82) is 5.26 Å². The number of halogens is 1. The Morgan fingerprint density at radius 1 is 1.19 bits per heavy atom. The zero-order valence-corrected chi connectivity index (χ0v) is 12.6. The van der Waals surface area contributed by atoms with Gasteiger partial charge in [0.25, 0.3) is 0 Å². The van der Waals surface area contributed by atoms with Crippen molar-refractivity contribution in [3.05, 3.63) is 35.1 Å². The Kier molecular flexibility index (Phi) is 4.90. The quantitative estimate of drug-likeness (QED) is 0.915. The van der Waals surface area contributed by atoms with E-state index in [0.29, 0.717) is 22.6 Å². The summed E-state index contributed by atoms with van der Waals surface area (Å²) in [5.41, 5.74) is 0.680. The lowest BCUT2D eigenvalue weighted by Gasteiger charge is -2.18. The Morgan fingerprint density at radius 3 is 2.52 bits per heavy atom. The van der Waals surface area contributed by atoms with E-state index in [1.807, 2.05) is 43.0 Å². The largest absolute Gasteiger partial charge is 0.341 e. The number of anilines is 3. The first-order valence-electron chi connectivity index (χ1n) is 6.60. The lowest BCUT2D eigenvalue weighted by Crippen LogP contribution is -2.25. The highest BCUT2D eigenvalue weighted by atomic mass is 35.5. The Bertz CT molecular complexity index is 663. The van der Waals surface area contributed by atoms with Crippen LogP contribution in [0.4, 0.5) is 17.6 Å². The maximum absolute atomic E-state index is 9.06. The second kappa shape index (κ2) is 6.86. The van der Waals surface area contributed by atoms with E-state index in [4.69, 9.17) is 16.9 Å². The molecule has 2 rings (SSSR count). The fraction of sp³-hybridized carbons (Fsp3) is 0.286. The molecule has 0 radical (unpaired) electrons. The highest BCUT2D eigenvalue weighted by Crippen LogP contribution is 2.23. The Hall–Kier alpha value is -2.39. The van der Waals surface area contributed by atoms with Crippen molar-refractivity contribution in [2.45, 2.75) is 13.8 Å². The molecule has 0 unspecified atom stereocenters. The average molecular weight is 303 g/mol. The molecule has 0 spiro atoms. The third-order valence-electron chi connectivity index (χ3n) is 2.89. The number of aromatic nitrogens is 3. The van der Waals surface area contributed by atoms with E-state index in [-0.39, 0.29) is 5.82 Å². The summed E-state index contributed by atoms with van der Waals surface area (Å²) in [7, 11) is 0. The van der Waals surface area contributed by atoms with Crippen LogP contribution in [0.5, 0.6) is 0 Å². The molecule has 2 aromatic rings. The number of nitriles is 1. The highest BCUT2D eigenvalue weighted by Gasteiger charge is 2.11. The fourth-order valence-electron chi connectivity index (χ4n) is 1.80. The van der Waals surface area contributed by atoms with Gasteiger partial charge in [0.15, 0.2) is 0 Å². The second-order valence-corrected chi connectivity index (χ2v) is 4.58. The molecule has 0 amide bonds. The van der Waals surface area contributed by atoms with Gasteiger partial charge in [-0.1, -0.05) is 23.7 Å². The molecule has 21 heavy (non-hydrogen) atoms. The summed E-state index contributed by atoms with van der Waals surface area (Å²) >= 11 is 6.10. The van der Waals surface area contributed by atoms with Gasteiger partial charge in [-0.15, -0.1) is 0 Å². The third kappa shape index (κ3) is 3.58. The predicted molar refractivity (Wildman–Crippen MR) is 82.8 cm³/mol. The molecule has 0 aliphatic heterocycles. The number of rotatable bonds is 5. The summed E-state index contributed by atoms with van der Waals surface area (Å²) in [6.07, 6.45) is 0. The number of para-hydroxylation sites is 1. The molecule has 1 aromatic heterocycles. The normalized spacial score (nSPS) is 10.0. The topological polar surface area (TPSA) is 77.7 Å². The first kappa shape index (κ1) is 15.0. The lowest BCUT2D eigenvalue weighted by atomic mass is 10.3. The van der Waals surface area contributed by atoms with Gasteiger partial charge in [-0.3, -0.25) is 0 Å².